The highest BCUT2D eigenvalue weighted by molar-refractivity contribution is 7.20. The topological polar surface area (TPSA) is 59.8 Å². The van der Waals surface area contributed by atoms with Crippen LogP contribution in [0, 0.1) is 6.92 Å². The van der Waals surface area contributed by atoms with Crippen LogP contribution in [0.25, 0.3) is 15.9 Å². The molecule has 0 radical (unpaired) electrons. The van der Waals surface area contributed by atoms with E-state index in [4.69, 9.17) is 0 Å². The van der Waals surface area contributed by atoms with E-state index in [1.807, 2.05) is 0 Å². The molecule has 3 heterocycles. The SMILES string of the molecule is Cc1nn(-c2cccc(C(F)(F)F)c2)c2sc(C(=O)Nc3nccs3)cc12. The van der Waals surface area contributed by atoms with Gasteiger partial charge in [-0.3, -0.25) is 10.1 Å². The van der Waals surface area contributed by atoms with E-state index < -0.39 is 11.7 Å². The van der Waals surface area contributed by atoms with E-state index in [0.717, 1.165) is 17.5 Å². The fourth-order valence-electron chi connectivity index (χ4n) is 2.59. The summed E-state index contributed by atoms with van der Waals surface area (Å²) in [4.78, 5) is 17.5. The molecule has 0 fully saturated rings. The molecule has 5 nitrogen and oxygen atoms in total. The number of carbonyl (C=O) groups excluding carboxylic acids is 1. The molecular weight excluding hydrogens is 397 g/mol. The zero-order valence-corrected chi connectivity index (χ0v) is 15.4. The van der Waals surface area contributed by atoms with Crippen LogP contribution in [0.5, 0.6) is 0 Å². The second-order valence-corrected chi connectivity index (χ2v) is 7.59. The molecule has 0 saturated carbocycles. The highest BCUT2D eigenvalue weighted by Crippen LogP contribution is 2.34. The molecule has 10 heteroatoms. The van der Waals surface area contributed by atoms with Crippen LogP contribution in [-0.2, 0) is 6.18 Å². The van der Waals surface area contributed by atoms with E-state index in [2.05, 4.69) is 15.4 Å². The Morgan fingerprint density at radius 1 is 1.26 bits per heavy atom. The summed E-state index contributed by atoms with van der Waals surface area (Å²) >= 11 is 2.47. The van der Waals surface area contributed by atoms with E-state index >= 15 is 0 Å². The molecule has 138 valence electrons. The predicted octanol–water partition coefficient (Wildman–Crippen LogP) is 5.12. The molecule has 27 heavy (non-hydrogen) atoms. The highest BCUT2D eigenvalue weighted by atomic mass is 32.1. The van der Waals surface area contributed by atoms with Crippen molar-refractivity contribution < 1.29 is 18.0 Å². The third-order valence-corrected chi connectivity index (χ3v) is 5.64. The Balaban J connectivity index is 1.75. The Kier molecular flexibility index (Phi) is 4.23. The summed E-state index contributed by atoms with van der Waals surface area (Å²) in [6.45, 7) is 1.75. The fourth-order valence-corrected chi connectivity index (χ4v) is 4.19. The van der Waals surface area contributed by atoms with Crippen LogP contribution in [-0.4, -0.2) is 20.7 Å². The maximum Gasteiger partial charge on any atom is 0.416 e. The van der Waals surface area contributed by atoms with Crippen molar-refractivity contribution in [3.63, 3.8) is 0 Å². The molecule has 0 atom stereocenters. The molecule has 0 aliphatic rings. The van der Waals surface area contributed by atoms with Crippen LogP contribution in [0.3, 0.4) is 0 Å². The van der Waals surface area contributed by atoms with Gasteiger partial charge in [0.1, 0.15) is 4.83 Å². The lowest BCUT2D eigenvalue weighted by atomic mass is 10.2. The molecule has 0 aliphatic carbocycles. The molecule has 0 aliphatic heterocycles. The zero-order valence-electron chi connectivity index (χ0n) is 13.7. The smallest absolute Gasteiger partial charge is 0.297 e. The van der Waals surface area contributed by atoms with Crippen LogP contribution >= 0.6 is 22.7 Å². The average Bonchev–Trinajstić information content (AvgIpc) is 3.33. The van der Waals surface area contributed by atoms with Gasteiger partial charge in [0.2, 0.25) is 0 Å². The van der Waals surface area contributed by atoms with Crippen molar-refractivity contribution in [3.8, 4) is 5.69 Å². The van der Waals surface area contributed by atoms with Gasteiger partial charge in [0, 0.05) is 17.0 Å². The number of carbonyl (C=O) groups is 1. The lowest BCUT2D eigenvalue weighted by Gasteiger charge is -2.09. The Hall–Kier alpha value is -2.72. The maximum absolute atomic E-state index is 13.0. The number of halogens is 3. The van der Waals surface area contributed by atoms with Crippen molar-refractivity contribution in [2.45, 2.75) is 13.1 Å². The van der Waals surface area contributed by atoms with E-state index in [1.54, 1.807) is 30.6 Å². The first-order chi connectivity index (χ1) is 12.8. The molecule has 0 saturated heterocycles. The number of alkyl halides is 3. The minimum absolute atomic E-state index is 0.289. The number of nitrogens with one attached hydrogen (secondary N) is 1. The number of thiazole rings is 1. The third kappa shape index (κ3) is 3.33. The number of aromatic nitrogens is 3. The van der Waals surface area contributed by atoms with Crippen LogP contribution in [0.15, 0.2) is 41.9 Å². The van der Waals surface area contributed by atoms with Crippen molar-refractivity contribution in [1.29, 1.82) is 0 Å². The molecule has 1 aromatic carbocycles. The van der Waals surface area contributed by atoms with Crippen LogP contribution in [0.2, 0.25) is 0 Å². The van der Waals surface area contributed by atoms with Crippen molar-refractivity contribution in [2.24, 2.45) is 0 Å². The van der Waals surface area contributed by atoms with E-state index in [-0.39, 0.29) is 11.6 Å². The van der Waals surface area contributed by atoms with E-state index in [9.17, 15) is 18.0 Å². The Morgan fingerprint density at radius 2 is 2.07 bits per heavy atom. The standard InChI is InChI=1S/C17H11F3N4OS2/c1-9-12-8-13(14(25)22-16-21-5-6-26-16)27-15(12)24(23-9)11-4-2-3-10(7-11)17(18,19)20/h2-8H,1H3,(H,21,22,25). The number of fused-ring (bicyclic) bond motifs is 1. The molecule has 4 aromatic rings. The molecule has 1 amide bonds. The first-order valence-electron chi connectivity index (χ1n) is 7.70. The molecule has 1 N–H and O–H groups in total. The number of benzene rings is 1. The van der Waals surface area contributed by atoms with E-state index in [1.165, 1.54) is 33.4 Å². The lowest BCUT2D eigenvalue weighted by molar-refractivity contribution is -0.137. The Morgan fingerprint density at radius 3 is 2.78 bits per heavy atom. The van der Waals surface area contributed by atoms with Crippen LogP contribution < -0.4 is 5.32 Å². The summed E-state index contributed by atoms with van der Waals surface area (Å²) in [5, 5.41) is 9.98. The van der Waals surface area contributed by atoms with Gasteiger partial charge in [-0.05, 0) is 31.2 Å². The van der Waals surface area contributed by atoms with Crippen molar-refractivity contribution in [2.75, 3.05) is 5.32 Å². The summed E-state index contributed by atoms with van der Waals surface area (Å²) in [5.74, 6) is -0.318. The molecule has 0 unspecified atom stereocenters. The number of aryl methyl sites for hydroxylation is 1. The summed E-state index contributed by atoms with van der Waals surface area (Å²) in [6.07, 6.45) is -2.85. The Labute approximate surface area is 159 Å². The van der Waals surface area contributed by atoms with Gasteiger partial charge in [-0.15, -0.1) is 22.7 Å². The molecule has 4 rings (SSSR count). The van der Waals surface area contributed by atoms with Crippen molar-refractivity contribution >= 4 is 43.9 Å². The monoisotopic (exact) mass is 408 g/mol. The number of hydrogen-bond donors (Lipinski definition) is 1. The van der Waals surface area contributed by atoms with Gasteiger partial charge in [-0.2, -0.15) is 18.3 Å². The second-order valence-electron chi connectivity index (χ2n) is 5.67. The van der Waals surface area contributed by atoms with Crippen molar-refractivity contribution in [3.05, 3.63) is 58.0 Å². The summed E-state index contributed by atoms with van der Waals surface area (Å²) < 4.78 is 40.5. The quantitative estimate of drug-likeness (QED) is 0.512. The summed E-state index contributed by atoms with van der Waals surface area (Å²) in [6, 6.07) is 6.63. The fraction of sp³-hybridized carbons (Fsp3) is 0.118. The minimum atomic E-state index is -4.44. The number of amides is 1. The van der Waals surface area contributed by atoms with Gasteiger partial charge in [0.05, 0.1) is 21.8 Å². The normalized spacial score (nSPS) is 11.9. The lowest BCUT2D eigenvalue weighted by Crippen LogP contribution is -2.09. The molecular formula is C17H11F3N4OS2. The number of nitrogens with zero attached hydrogens (tertiary/aromatic N) is 3. The first-order valence-corrected chi connectivity index (χ1v) is 9.40. The molecule has 0 spiro atoms. The largest absolute Gasteiger partial charge is 0.416 e. The van der Waals surface area contributed by atoms with Gasteiger partial charge in [-0.25, -0.2) is 9.67 Å². The third-order valence-electron chi connectivity index (χ3n) is 3.84. The van der Waals surface area contributed by atoms with Gasteiger partial charge < -0.3 is 0 Å². The summed E-state index contributed by atoms with van der Waals surface area (Å²) in [7, 11) is 0. The zero-order chi connectivity index (χ0) is 19.2. The predicted molar refractivity (Wildman–Crippen MR) is 98.8 cm³/mol. The van der Waals surface area contributed by atoms with Gasteiger partial charge in [-0.1, -0.05) is 6.07 Å². The number of hydrogen-bond acceptors (Lipinski definition) is 5. The van der Waals surface area contributed by atoms with Crippen LogP contribution in [0.1, 0.15) is 20.9 Å². The molecule has 3 aromatic heterocycles. The minimum Gasteiger partial charge on any atom is -0.297 e. The summed E-state index contributed by atoms with van der Waals surface area (Å²) in [5.41, 5.74) is 0.170. The van der Waals surface area contributed by atoms with Crippen molar-refractivity contribution in [1.82, 2.24) is 14.8 Å². The number of rotatable bonds is 3. The second kappa shape index (κ2) is 6.46. The number of thiophene rings is 1. The Bertz CT molecular complexity index is 1130. The van der Waals surface area contributed by atoms with Gasteiger partial charge >= 0.3 is 6.18 Å². The van der Waals surface area contributed by atoms with Crippen LogP contribution in [0.4, 0.5) is 18.3 Å². The van der Waals surface area contributed by atoms with Gasteiger partial charge in [0.15, 0.2) is 5.13 Å². The highest BCUT2D eigenvalue weighted by Gasteiger charge is 2.31. The van der Waals surface area contributed by atoms with Gasteiger partial charge in [0.25, 0.3) is 5.91 Å². The first kappa shape index (κ1) is 17.7. The number of anilines is 1. The van der Waals surface area contributed by atoms with E-state index in [0.29, 0.717) is 20.5 Å². The average molecular weight is 408 g/mol. The maximum atomic E-state index is 13.0. The molecule has 0 bridgehead atoms.